The topological polar surface area (TPSA) is 70.9 Å². The van der Waals surface area contributed by atoms with Crippen LogP contribution in [0.25, 0.3) is 17.3 Å². The third-order valence-electron chi connectivity index (χ3n) is 3.06. The average molecular weight is 239 g/mol. The molecular weight excluding hydrogens is 226 g/mol. The van der Waals surface area contributed by atoms with E-state index in [1.54, 1.807) is 0 Å². The second-order valence-corrected chi connectivity index (χ2v) is 4.31. The molecule has 2 aromatic rings. The number of fused-ring (bicyclic) bond motifs is 1. The normalized spacial score (nSPS) is 13.4. The van der Waals surface area contributed by atoms with E-state index in [1.165, 1.54) is 0 Å². The van der Waals surface area contributed by atoms with Gasteiger partial charge in [0.25, 0.3) is 0 Å². The molecule has 4 N–H and O–H groups in total. The first kappa shape index (κ1) is 10.7. The van der Waals surface area contributed by atoms with Crippen molar-refractivity contribution >= 4 is 18.0 Å². The van der Waals surface area contributed by atoms with Crippen molar-refractivity contribution in [3.8, 4) is 11.3 Å². The molecule has 90 valence electrons. The third kappa shape index (κ3) is 1.78. The number of hydrogen-bond acceptors (Lipinski definition) is 3. The molecule has 1 aromatic heterocycles. The molecule has 3 rings (SSSR count). The zero-order chi connectivity index (χ0) is 12.5. The smallest absolute Gasteiger partial charge is 0.165 e. The van der Waals surface area contributed by atoms with Crippen molar-refractivity contribution < 1.29 is 4.79 Å². The Balaban J connectivity index is 2.01. The number of H-pyrrole nitrogens is 1. The quantitative estimate of drug-likeness (QED) is 0.553. The highest BCUT2D eigenvalue weighted by molar-refractivity contribution is 5.83. The van der Waals surface area contributed by atoms with Crippen LogP contribution in [0.15, 0.2) is 36.0 Å². The van der Waals surface area contributed by atoms with E-state index in [0.717, 1.165) is 34.5 Å². The lowest BCUT2D eigenvalue weighted by Gasteiger charge is -2.10. The predicted molar refractivity (Wildman–Crippen MR) is 71.5 cm³/mol. The van der Waals surface area contributed by atoms with Gasteiger partial charge in [-0.15, -0.1) is 0 Å². The van der Waals surface area contributed by atoms with Crippen molar-refractivity contribution in [1.82, 2.24) is 10.3 Å². The van der Waals surface area contributed by atoms with Crippen molar-refractivity contribution in [3.05, 3.63) is 47.3 Å². The molecule has 0 fully saturated rings. The van der Waals surface area contributed by atoms with Crippen molar-refractivity contribution in [2.24, 2.45) is 0 Å². The zero-order valence-corrected chi connectivity index (χ0v) is 9.73. The second-order valence-electron chi connectivity index (χ2n) is 4.31. The number of benzene rings is 1. The van der Waals surface area contributed by atoms with Crippen LogP contribution in [0.1, 0.15) is 11.3 Å². The first-order chi connectivity index (χ1) is 8.76. The van der Waals surface area contributed by atoms with Crippen LogP contribution in [-0.2, 0) is 11.3 Å². The molecule has 18 heavy (non-hydrogen) atoms. The van der Waals surface area contributed by atoms with Crippen LogP contribution in [0.5, 0.6) is 0 Å². The number of nitrogen functional groups attached to an aromatic ring is 1. The number of aromatic amines is 1. The fourth-order valence-corrected chi connectivity index (χ4v) is 2.09. The first-order valence-electron chi connectivity index (χ1n) is 5.75. The number of aromatic nitrogens is 1. The molecule has 1 aliphatic heterocycles. The van der Waals surface area contributed by atoms with Gasteiger partial charge in [-0.3, -0.25) is 4.79 Å². The number of carbonyl (C=O) groups excluding carboxylic acids is 1. The summed E-state index contributed by atoms with van der Waals surface area (Å²) in [6.45, 7) is 0.648. The molecule has 1 aromatic carbocycles. The average Bonchev–Trinajstić information content (AvgIpc) is 2.82. The lowest BCUT2D eigenvalue weighted by atomic mass is 10.1. The minimum atomic E-state index is 0.616. The Morgan fingerprint density at radius 1 is 1.22 bits per heavy atom. The maximum atomic E-state index is 10.7. The summed E-state index contributed by atoms with van der Waals surface area (Å²) in [7, 11) is 0. The fourth-order valence-electron chi connectivity index (χ4n) is 2.09. The van der Waals surface area contributed by atoms with Crippen LogP contribution in [-0.4, -0.2) is 11.3 Å². The Kier molecular flexibility index (Phi) is 2.41. The van der Waals surface area contributed by atoms with Crippen molar-refractivity contribution in [2.75, 3.05) is 5.73 Å². The van der Waals surface area contributed by atoms with E-state index in [1.807, 2.05) is 36.4 Å². The van der Waals surface area contributed by atoms with Crippen LogP contribution in [0.3, 0.4) is 0 Å². The molecule has 0 atom stereocenters. The van der Waals surface area contributed by atoms with Crippen LogP contribution in [0.4, 0.5) is 5.69 Å². The molecule has 2 heterocycles. The van der Waals surface area contributed by atoms with Gasteiger partial charge in [0.15, 0.2) is 6.29 Å². The standard InChI is InChI=1S/C14H13N3O/c15-11-3-1-9(2-4-11)13-6-10-5-12(8-18)16-7-14(10)17-13/h1-6,8,16-17H,7,15H2. The van der Waals surface area contributed by atoms with Gasteiger partial charge in [-0.1, -0.05) is 12.1 Å². The highest BCUT2D eigenvalue weighted by atomic mass is 16.1. The van der Waals surface area contributed by atoms with Gasteiger partial charge < -0.3 is 16.0 Å². The second kappa shape index (κ2) is 4.07. The summed E-state index contributed by atoms with van der Waals surface area (Å²) in [5, 5.41) is 3.04. The minimum absolute atomic E-state index is 0.616. The molecule has 0 saturated carbocycles. The number of allylic oxidation sites excluding steroid dienone is 1. The molecule has 0 bridgehead atoms. The summed E-state index contributed by atoms with van der Waals surface area (Å²) in [6.07, 6.45) is 2.68. The molecule has 0 aliphatic carbocycles. The predicted octanol–water partition coefficient (Wildman–Crippen LogP) is 1.91. The Morgan fingerprint density at radius 3 is 2.72 bits per heavy atom. The summed E-state index contributed by atoms with van der Waals surface area (Å²) in [6, 6.07) is 9.75. The fraction of sp³-hybridized carbons (Fsp3) is 0.0714. The van der Waals surface area contributed by atoms with E-state index in [9.17, 15) is 4.79 Å². The first-order valence-corrected chi connectivity index (χ1v) is 5.75. The molecule has 4 nitrogen and oxygen atoms in total. The summed E-state index contributed by atoms with van der Waals surface area (Å²) < 4.78 is 0. The third-order valence-corrected chi connectivity index (χ3v) is 3.06. The van der Waals surface area contributed by atoms with Gasteiger partial charge in [0.1, 0.15) is 0 Å². The number of hydrogen-bond donors (Lipinski definition) is 3. The van der Waals surface area contributed by atoms with Gasteiger partial charge in [0, 0.05) is 17.1 Å². The van der Waals surface area contributed by atoms with Gasteiger partial charge in [-0.25, -0.2) is 0 Å². The number of rotatable bonds is 2. The number of nitrogens with one attached hydrogen (secondary N) is 2. The highest BCUT2D eigenvalue weighted by Crippen LogP contribution is 2.25. The van der Waals surface area contributed by atoms with E-state index >= 15 is 0 Å². The van der Waals surface area contributed by atoms with Crippen LogP contribution in [0.2, 0.25) is 0 Å². The highest BCUT2D eigenvalue weighted by Gasteiger charge is 2.13. The Labute approximate surface area is 105 Å². The Hall–Kier alpha value is -2.49. The summed E-state index contributed by atoms with van der Waals surface area (Å²) in [5.74, 6) is 0. The molecule has 1 aliphatic rings. The molecular formula is C14H13N3O. The number of nitrogens with two attached hydrogens (primary N) is 1. The summed E-state index contributed by atoms with van der Waals surface area (Å²) in [5.41, 5.74) is 11.3. The molecule has 0 unspecified atom stereocenters. The number of aldehydes is 1. The van der Waals surface area contributed by atoms with Crippen LogP contribution in [0, 0.1) is 0 Å². The van der Waals surface area contributed by atoms with E-state index in [0.29, 0.717) is 12.2 Å². The van der Waals surface area contributed by atoms with E-state index in [2.05, 4.69) is 10.3 Å². The van der Waals surface area contributed by atoms with Crippen LogP contribution >= 0.6 is 0 Å². The molecule has 0 spiro atoms. The molecule has 0 saturated heterocycles. The summed E-state index contributed by atoms with van der Waals surface area (Å²) in [4.78, 5) is 14.1. The van der Waals surface area contributed by atoms with Crippen molar-refractivity contribution in [2.45, 2.75) is 6.54 Å². The lowest BCUT2D eigenvalue weighted by Crippen LogP contribution is -2.17. The van der Waals surface area contributed by atoms with Crippen LogP contribution < -0.4 is 11.1 Å². The van der Waals surface area contributed by atoms with Crippen molar-refractivity contribution in [1.29, 1.82) is 0 Å². The summed E-state index contributed by atoms with van der Waals surface area (Å²) >= 11 is 0. The molecule has 0 radical (unpaired) electrons. The Bertz CT molecular complexity index is 623. The van der Waals surface area contributed by atoms with Gasteiger partial charge in [-0.05, 0) is 35.4 Å². The van der Waals surface area contributed by atoms with Gasteiger partial charge in [-0.2, -0.15) is 0 Å². The van der Waals surface area contributed by atoms with E-state index in [-0.39, 0.29) is 0 Å². The SMILES string of the molecule is Nc1ccc(-c2cc3c([nH]2)CNC(C=O)=C3)cc1. The van der Waals surface area contributed by atoms with Gasteiger partial charge in [0.2, 0.25) is 0 Å². The maximum Gasteiger partial charge on any atom is 0.165 e. The molecule has 4 heteroatoms. The minimum Gasteiger partial charge on any atom is -0.399 e. The van der Waals surface area contributed by atoms with Gasteiger partial charge >= 0.3 is 0 Å². The van der Waals surface area contributed by atoms with E-state index < -0.39 is 0 Å². The monoisotopic (exact) mass is 239 g/mol. The Morgan fingerprint density at radius 2 is 2.00 bits per heavy atom. The zero-order valence-electron chi connectivity index (χ0n) is 9.73. The van der Waals surface area contributed by atoms with Crippen molar-refractivity contribution in [3.63, 3.8) is 0 Å². The van der Waals surface area contributed by atoms with E-state index in [4.69, 9.17) is 5.73 Å². The largest absolute Gasteiger partial charge is 0.399 e. The molecule has 0 amide bonds. The number of anilines is 1. The lowest BCUT2D eigenvalue weighted by molar-refractivity contribution is -0.105. The van der Waals surface area contributed by atoms with Gasteiger partial charge in [0.05, 0.1) is 12.2 Å². The maximum absolute atomic E-state index is 10.7. The number of carbonyl (C=O) groups is 1.